The van der Waals surface area contributed by atoms with E-state index in [0.717, 1.165) is 44.7 Å². The van der Waals surface area contributed by atoms with Gasteiger partial charge in [-0.05, 0) is 19.8 Å². The third kappa shape index (κ3) is 2.10. The number of hydrogen-bond acceptors (Lipinski definition) is 3. The molecule has 1 heterocycles. The summed E-state index contributed by atoms with van der Waals surface area (Å²) in [6, 6.07) is 0. The van der Waals surface area contributed by atoms with E-state index in [1.165, 1.54) is 0 Å². The first-order valence-corrected chi connectivity index (χ1v) is 5.30. The van der Waals surface area contributed by atoms with Crippen molar-refractivity contribution < 1.29 is 14.2 Å². The number of hydrogen-bond donors (Lipinski definition) is 0. The first-order chi connectivity index (χ1) is 6.70. The minimum atomic E-state index is -0.269. The zero-order valence-electron chi connectivity index (χ0n) is 8.75. The van der Waals surface area contributed by atoms with Crippen LogP contribution in [-0.4, -0.2) is 25.1 Å². The van der Waals surface area contributed by atoms with Gasteiger partial charge in [0.05, 0.1) is 25.1 Å². The lowest BCUT2D eigenvalue weighted by atomic mass is 9.92. The summed E-state index contributed by atoms with van der Waals surface area (Å²) in [6.07, 6.45) is 4.22. The second-order valence-corrected chi connectivity index (χ2v) is 4.13. The van der Waals surface area contributed by atoms with Crippen molar-refractivity contribution in [1.29, 1.82) is 0 Å². The second-order valence-electron chi connectivity index (χ2n) is 4.13. The molecule has 0 aromatic heterocycles. The van der Waals surface area contributed by atoms with Crippen molar-refractivity contribution in [2.45, 2.75) is 44.5 Å². The van der Waals surface area contributed by atoms with Gasteiger partial charge in [0.25, 0.3) is 0 Å². The Morgan fingerprint density at radius 2 is 1.86 bits per heavy atom. The third-order valence-corrected chi connectivity index (χ3v) is 2.88. The fraction of sp³-hybridized carbons (Fsp3) is 0.818. The van der Waals surface area contributed by atoms with Gasteiger partial charge in [0.1, 0.15) is 0 Å². The Balaban J connectivity index is 1.82. The van der Waals surface area contributed by atoms with Gasteiger partial charge in [-0.3, -0.25) is 0 Å². The Kier molecular flexibility index (Phi) is 2.79. The van der Waals surface area contributed by atoms with Crippen molar-refractivity contribution in [3.05, 3.63) is 12.3 Å². The lowest BCUT2D eigenvalue weighted by Crippen LogP contribution is -2.37. The average Bonchev–Trinajstić information content (AvgIpc) is 2.58. The normalized spacial score (nSPS) is 26.6. The predicted molar refractivity (Wildman–Crippen MR) is 52.8 cm³/mol. The minimum Gasteiger partial charge on any atom is -0.496 e. The van der Waals surface area contributed by atoms with Crippen LogP contribution in [0, 0.1) is 0 Å². The Bertz CT molecular complexity index is 209. The summed E-state index contributed by atoms with van der Waals surface area (Å²) in [4.78, 5) is 0. The van der Waals surface area contributed by atoms with Crippen molar-refractivity contribution in [3.8, 4) is 0 Å². The molecular weight excluding hydrogens is 180 g/mol. The van der Waals surface area contributed by atoms with Crippen LogP contribution in [-0.2, 0) is 14.2 Å². The summed E-state index contributed by atoms with van der Waals surface area (Å²) in [6.45, 7) is 7.13. The summed E-state index contributed by atoms with van der Waals surface area (Å²) in [5, 5.41) is 0. The van der Waals surface area contributed by atoms with Crippen LogP contribution < -0.4 is 0 Å². The fourth-order valence-electron chi connectivity index (χ4n) is 2.22. The highest BCUT2D eigenvalue weighted by atomic mass is 16.7. The van der Waals surface area contributed by atoms with E-state index in [1.807, 2.05) is 6.92 Å². The first-order valence-electron chi connectivity index (χ1n) is 5.30. The van der Waals surface area contributed by atoms with Gasteiger partial charge >= 0.3 is 0 Å². The zero-order valence-corrected chi connectivity index (χ0v) is 8.75. The van der Waals surface area contributed by atoms with Gasteiger partial charge in [-0.1, -0.05) is 6.58 Å². The van der Waals surface area contributed by atoms with Gasteiger partial charge in [0, 0.05) is 12.8 Å². The van der Waals surface area contributed by atoms with Crippen LogP contribution in [0.5, 0.6) is 0 Å². The van der Waals surface area contributed by atoms with Gasteiger partial charge < -0.3 is 14.2 Å². The Morgan fingerprint density at radius 1 is 1.29 bits per heavy atom. The summed E-state index contributed by atoms with van der Waals surface area (Å²) in [7, 11) is 0. The monoisotopic (exact) mass is 198 g/mol. The lowest BCUT2D eigenvalue weighted by Gasteiger charge is -2.35. The Morgan fingerprint density at radius 3 is 2.36 bits per heavy atom. The van der Waals surface area contributed by atoms with Gasteiger partial charge in [0.15, 0.2) is 5.79 Å². The van der Waals surface area contributed by atoms with E-state index in [9.17, 15) is 0 Å². The molecular formula is C11H18O3. The van der Waals surface area contributed by atoms with Gasteiger partial charge in [-0.2, -0.15) is 0 Å². The van der Waals surface area contributed by atoms with E-state index in [0.29, 0.717) is 6.10 Å². The molecule has 2 rings (SSSR count). The molecule has 1 saturated heterocycles. The van der Waals surface area contributed by atoms with Crippen molar-refractivity contribution in [2.24, 2.45) is 0 Å². The first kappa shape index (κ1) is 9.99. The standard InChI is InChI=1S/C11H18O3/c1-9(2)14-10-3-5-11(6-4-10)12-7-8-13-11/h10H,1,3-8H2,2H3. The highest BCUT2D eigenvalue weighted by Crippen LogP contribution is 2.36. The maximum Gasteiger partial charge on any atom is 0.168 e. The van der Waals surface area contributed by atoms with Gasteiger partial charge in [-0.15, -0.1) is 0 Å². The van der Waals surface area contributed by atoms with E-state index in [-0.39, 0.29) is 5.79 Å². The molecule has 0 atom stereocenters. The van der Waals surface area contributed by atoms with Crippen molar-refractivity contribution >= 4 is 0 Å². The van der Waals surface area contributed by atoms with Gasteiger partial charge in [0.2, 0.25) is 0 Å². The molecule has 80 valence electrons. The van der Waals surface area contributed by atoms with E-state index >= 15 is 0 Å². The second kappa shape index (κ2) is 3.91. The molecule has 1 aliphatic heterocycles. The average molecular weight is 198 g/mol. The van der Waals surface area contributed by atoms with E-state index in [2.05, 4.69) is 6.58 Å². The SMILES string of the molecule is C=C(C)OC1CCC2(CC1)OCCO2. The molecule has 0 unspecified atom stereocenters. The summed E-state index contributed by atoms with van der Waals surface area (Å²) >= 11 is 0. The predicted octanol–water partition coefficient (Wildman–Crippen LogP) is 2.22. The number of ether oxygens (including phenoxy) is 3. The molecule has 0 aromatic carbocycles. The van der Waals surface area contributed by atoms with Crippen LogP contribution in [0.4, 0.5) is 0 Å². The molecule has 1 saturated carbocycles. The van der Waals surface area contributed by atoms with Crippen molar-refractivity contribution in [2.75, 3.05) is 13.2 Å². The summed E-state index contributed by atoms with van der Waals surface area (Å²) in [5.74, 6) is 0.536. The summed E-state index contributed by atoms with van der Waals surface area (Å²) in [5.41, 5.74) is 0. The number of rotatable bonds is 2. The smallest absolute Gasteiger partial charge is 0.168 e. The number of allylic oxidation sites excluding steroid dienone is 1. The minimum absolute atomic E-state index is 0.269. The van der Waals surface area contributed by atoms with Crippen LogP contribution in [0.1, 0.15) is 32.6 Å². The summed E-state index contributed by atoms with van der Waals surface area (Å²) < 4.78 is 16.9. The van der Waals surface area contributed by atoms with Crippen LogP contribution in [0.15, 0.2) is 12.3 Å². The maximum atomic E-state index is 5.63. The van der Waals surface area contributed by atoms with Crippen LogP contribution in [0.2, 0.25) is 0 Å². The lowest BCUT2D eigenvalue weighted by molar-refractivity contribution is -0.188. The molecule has 3 nitrogen and oxygen atoms in total. The molecule has 1 aliphatic carbocycles. The molecule has 2 aliphatic rings. The van der Waals surface area contributed by atoms with Gasteiger partial charge in [-0.25, -0.2) is 0 Å². The maximum absolute atomic E-state index is 5.63. The van der Waals surface area contributed by atoms with Crippen molar-refractivity contribution in [3.63, 3.8) is 0 Å². The zero-order chi connectivity index (χ0) is 10.0. The van der Waals surface area contributed by atoms with Crippen LogP contribution in [0.3, 0.4) is 0 Å². The molecule has 14 heavy (non-hydrogen) atoms. The topological polar surface area (TPSA) is 27.7 Å². The molecule has 3 heteroatoms. The molecule has 0 N–H and O–H groups in total. The quantitative estimate of drug-likeness (QED) is 0.637. The highest BCUT2D eigenvalue weighted by Gasteiger charge is 2.40. The molecule has 0 amide bonds. The third-order valence-electron chi connectivity index (χ3n) is 2.88. The fourth-order valence-corrected chi connectivity index (χ4v) is 2.22. The Labute approximate surface area is 85.0 Å². The molecule has 0 radical (unpaired) electrons. The van der Waals surface area contributed by atoms with Crippen LogP contribution >= 0.6 is 0 Å². The van der Waals surface area contributed by atoms with E-state index < -0.39 is 0 Å². The van der Waals surface area contributed by atoms with Crippen molar-refractivity contribution in [1.82, 2.24) is 0 Å². The van der Waals surface area contributed by atoms with E-state index in [4.69, 9.17) is 14.2 Å². The molecule has 0 aromatic rings. The molecule has 1 spiro atoms. The van der Waals surface area contributed by atoms with E-state index in [1.54, 1.807) is 0 Å². The molecule has 2 fully saturated rings. The van der Waals surface area contributed by atoms with Crippen LogP contribution in [0.25, 0.3) is 0 Å². The molecule has 0 bridgehead atoms. The Hall–Kier alpha value is -0.540. The highest BCUT2D eigenvalue weighted by molar-refractivity contribution is 4.85. The largest absolute Gasteiger partial charge is 0.496 e.